The minimum atomic E-state index is -1.54. The number of carboxylic acids is 1. The first kappa shape index (κ1) is 18.1. The molecule has 0 saturated heterocycles. The highest BCUT2D eigenvalue weighted by Gasteiger charge is 2.11. The third kappa shape index (κ3) is 5.69. The van der Waals surface area contributed by atoms with Crippen molar-refractivity contribution in [2.45, 2.75) is 13.2 Å². The van der Waals surface area contributed by atoms with Crippen LogP contribution >= 0.6 is 0 Å². The fourth-order valence-electron chi connectivity index (χ4n) is 2.07. The maximum atomic E-state index is 11.8. The van der Waals surface area contributed by atoms with Crippen LogP contribution < -0.4 is 4.74 Å². The molecule has 0 aliphatic carbocycles. The first-order valence-corrected chi connectivity index (χ1v) is 7.60. The van der Waals surface area contributed by atoms with Gasteiger partial charge in [0.25, 0.3) is 5.91 Å². The number of hydrogen-bond donors (Lipinski definition) is 2. The SMILES string of the molecule is CN(Cc1ccc(OCc2ccccc2)cc1)C(=O)/C=C(\O)C(=O)O. The molecule has 6 heteroatoms. The number of carbonyl (C=O) groups excluding carboxylic acids is 1. The molecule has 0 radical (unpaired) electrons. The zero-order valence-corrected chi connectivity index (χ0v) is 13.8. The van der Waals surface area contributed by atoms with Crippen molar-refractivity contribution in [2.24, 2.45) is 0 Å². The minimum absolute atomic E-state index is 0.279. The highest BCUT2D eigenvalue weighted by molar-refractivity contribution is 5.95. The number of benzene rings is 2. The fraction of sp³-hybridized carbons (Fsp3) is 0.158. The normalized spacial score (nSPS) is 11.0. The second-order valence-electron chi connectivity index (χ2n) is 5.45. The summed E-state index contributed by atoms with van der Waals surface area (Å²) in [5, 5.41) is 17.7. The third-order valence-electron chi connectivity index (χ3n) is 3.45. The molecule has 0 aromatic heterocycles. The lowest BCUT2D eigenvalue weighted by molar-refractivity contribution is -0.136. The lowest BCUT2D eigenvalue weighted by atomic mass is 10.2. The molecule has 0 heterocycles. The molecule has 0 saturated carbocycles. The maximum Gasteiger partial charge on any atom is 0.371 e. The van der Waals surface area contributed by atoms with Crippen molar-refractivity contribution in [2.75, 3.05) is 7.05 Å². The van der Waals surface area contributed by atoms with Gasteiger partial charge in [0.1, 0.15) is 12.4 Å². The Hall–Kier alpha value is -3.28. The van der Waals surface area contributed by atoms with Crippen LogP contribution in [0.4, 0.5) is 0 Å². The van der Waals surface area contributed by atoms with E-state index in [0.717, 1.165) is 11.1 Å². The van der Waals surface area contributed by atoms with Crippen LogP contribution in [0.25, 0.3) is 0 Å². The molecule has 6 nitrogen and oxygen atoms in total. The van der Waals surface area contributed by atoms with Crippen molar-refractivity contribution >= 4 is 11.9 Å². The van der Waals surface area contributed by atoms with E-state index >= 15 is 0 Å². The highest BCUT2D eigenvalue weighted by atomic mass is 16.5. The quantitative estimate of drug-likeness (QED) is 0.597. The summed E-state index contributed by atoms with van der Waals surface area (Å²) in [5.74, 6) is -2.41. The zero-order valence-electron chi connectivity index (χ0n) is 13.8. The summed E-state index contributed by atoms with van der Waals surface area (Å²) in [6.45, 7) is 0.749. The van der Waals surface area contributed by atoms with E-state index in [4.69, 9.17) is 14.9 Å². The van der Waals surface area contributed by atoms with E-state index < -0.39 is 17.6 Å². The minimum Gasteiger partial charge on any atom is -0.502 e. The van der Waals surface area contributed by atoms with E-state index in [1.54, 1.807) is 12.1 Å². The van der Waals surface area contributed by atoms with E-state index in [1.807, 2.05) is 42.5 Å². The van der Waals surface area contributed by atoms with E-state index in [2.05, 4.69) is 0 Å². The topological polar surface area (TPSA) is 87.1 Å². The largest absolute Gasteiger partial charge is 0.502 e. The summed E-state index contributed by atoms with van der Waals surface area (Å²) < 4.78 is 5.69. The standard InChI is InChI=1S/C19H19NO5/c1-20(18(22)11-17(21)19(23)24)12-14-7-9-16(10-8-14)25-13-15-5-3-2-4-6-15/h2-11,21H,12-13H2,1H3,(H,23,24)/b17-11-. The van der Waals surface area contributed by atoms with Crippen LogP contribution in [0, 0.1) is 0 Å². The Balaban J connectivity index is 1.90. The Morgan fingerprint density at radius 1 is 1.00 bits per heavy atom. The average Bonchev–Trinajstić information content (AvgIpc) is 2.61. The van der Waals surface area contributed by atoms with Crippen molar-refractivity contribution in [1.82, 2.24) is 4.90 Å². The Kier molecular flexibility index (Phi) is 6.17. The van der Waals surface area contributed by atoms with Gasteiger partial charge in [-0.25, -0.2) is 4.79 Å². The van der Waals surface area contributed by atoms with Crippen molar-refractivity contribution in [1.29, 1.82) is 0 Å². The van der Waals surface area contributed by atoms with Crippen LogP contribution in [0.2, 0.25) is 0 Å². The van der Waals surface area contributed by atoms with Crippen molar-refractivity contribution in [3.63, 3.8) is 0 Å². The predicted molar refractivity (Wildman–Crippen MR) is 92.0 cm³/mol. The van der Waals surface area contributed by atoms with E-state index in [-0.39, 0.29) is 6.54 Å². The number of amides is 1. The van der Waals surface area contributed by atoms with Crippen LogP contribution in [0.3, 0.4) is 0 Å². The molecule has 0 spiro atoms. The molecule has 0 unspecified atom stereocenters. The molecule has 25 heavy (non-hydrogen) atoms. The number of aliphatic hydroxyl groups is 1. The number of carboxylic acid groups (broad SMARTS) is 1. The summed E-state index contributed by atoms with van der Waals surface area (Å²) in [7, 11) is 1.52. The summed E-state index contributed by atoms with van der Waals surface area (Å²) in [6, 6.07) is 17.1. The van der Waals surface area contributed by atoms with Crippen LogP contribution in [0.15, 0.2) is 66.4 Å². The Morgan fingerprint density at radius 2 is 1.64 bits per heavy atom. The van der Waals surface area contributed by atoms with E-state index in [1.165, 1.54) is 11.9 Å². The van der Waals surface area contributed by atoms with Gasteiger partial charge in [-0.3, -0.25) is 4.79 Å². The number of likely N-dealkylation sites (N-methyl/N-ethyl adjacent to an activating group) is 1. The first-order valence-electron chi connectivity index (χ1n) is 7.60. The fourth-order valence-corrected chi connectivity index (χ4v) is 2.07. The molecule has 2 aromatic rings. The smallest absolute Gasteiger partial charge is 0.371 e. The lowest BCUT2D eigenvalue weighted by Crippen LogP contribution is -2.25. The van der Waals surface area contributed by atoms with Crippen LogP contribution in [-0.4, -0.2) is 34.0 Å². The van der Waals surface area contributed by atoms with Gasteiger partial charge >= 0.3 is 5.97 Å². The molecule has 0 atom stereocenters. The lowest BCUT2D eigenvalue weighted by Gasteiger charge is -2.15. The third-order valence-corrected chi connectivity index (χ3v) is 3.45. The summed E-state index contributed by atoms with van der Waals surface area (Å²) in [5.41, 5.74) is 1.92. The van der Waals surface area contributed by atoms with Crippen molar-refractivity contribution in [3.8, 4) is 5.75 Å². The average molecular weight is 341 g/mol. The monoisotopic (exact) mass is 341 g/mol. The molecule has 0 bridgehead atoms. The first-order chi connectivity index (χ1) is 12.0. The van der Waals surface area contributed by atoms with Gasteiger partial charge in [-0.2, -0.15) is 0 Å². The van der Waals surface area contributed by atoms with Gasteiger partial charge in [0.15, 0.2) is 0 Å². The van der Waals surface area contributed by atoms with Gasteiger partial charge in [-0.05, 0) is 23.3 Å². The van der Waals surface area contributed by atoms with Crippen molar-refractivity contribution < 1.29 is 24.5 Å². The Labute approximate surface area is 145 Å². The molecule has 130 valence electrons. The van der Waals surface area contributed by atoms with Gasteiger partial charge in [0, 0.05) is 13.6 Å². The van der Waals surface area contributed by atoms with Crippen LogP contribution in [0.5, 0.6) is 5.75 Å². The molecule has 0 fully saturated rings. The van der Waals surface area contributed by atoms with Crippen LogP contribution in [-0.2, 0) is 22.7 Å². The number of nitrogens with zero attached hydrogens (tertiary/aromatic N) is 1. The van der Waals surface area contributed by atoms with Crippen LogP contribution in [0.1, 0.15) is 11.1 Å². The van der Waals surface area contributed by atoms with Gasteiger partial charge < -0.3 is 19.8 Å². The van der Waals surface area contributed by atoms with Gasteiger partial charge in [-0.1, -0.05) is 42.5 Å². The molecule has 2 N–H and O–H groups in total. The Bertz CT molecular complexity index is 753. The van der Waals surface area contributed by atoms with Gasteiger partial charge in [0.05, 0.1) is 6.08 Å². The summed E-state index contributed by atoms with van der Waals surface area (Å²) in [4.78, 5) is 23.6. The molecule has 2 rings (SSSR count). The highest BCUT2D eigenvalue weighted by Crippen LogP contribution is 2.15. The van der Waals surface area contributed by atoms with Gasteiger partial charge in [0.2, 0.25) is 5.76 Å². The number of aliphatic hydroxyl groups excluding tert-OH is 1. The molecule has 0 aliphatic heterocycles. The second-order valence-corrected chi connectivity index (χ2v) is 5.45. The molecular weight excluding hydrogens is 322 g/mol. The number of carbonyl (C=O) groups is 2. The molecule has 0 aliphatic rings. The maximum absolute atomic E-state index is 11.8. The van der Waals surface area contributed by atoms with E-state index in [9.17, 15) is 9.59 Å². The van der Waals surface area contributed by atoms with E-state index in [0.29, 0.717) is 18.4 Å². The molecule has 1 amide bonds. The number of rotatable bonds is 7. The number of aliphatic carboxylic acids is 1. The summed E-state index contributed by atoms with van der Waals surface area (Å²) >= 11 is 0. The van der Waals surface area contributed by atoms with Gasteiger partial charge in [-0.15, -0.1) is 0 Å². The Morgan fingerprint density at radius 3 is 2.24 bits per heavy atom. The zero-order chi connectivity index (χ0) is 18.2. The molecular formula is C19H19NO5. The predicted octanol–water partition coefficient (Wildman–Crippen LogP) is 2.75. The second kappa shape index (κ2) is 8.54. The number of ether oxygens (including phenoxy) is 1. The summed E-state index contributed by atoms with van der Waals surface area (Å²) in [6.07, 6.45) is 0.680. The number of hydrogen-bond acceptors (Lipinski definition) is 4. The van der Waals surface area contributed by atoms with Crippen molar-refractivity contribution in [3.05, 3.63) is 77.6 Å². The molecule has 2 aromatic carbocycles.